The van der Waals surface area contributed by atoms with Crippen LogP contribution in [0.2, 0.25) is 0 Å². The monoisotopic (exact) mass is 294 g/mol. The molecule has 0 unspecified atom stereocenters. The highest BCUT2D eigenvalue weighted by atomic mass is 35.5. The summed E-state index contributed by atoms with van der Waals surface area (Å²) in [5, 5.41) is 2.56. The van der Waals surface area contributed by atoms with E-state index in [1.165, 1.54) is 18.2 Å². The zero-order valence-corrected chi connectivity index (χ0v) is 11.5. The van der Waals surface area contributed by atoms with Crippen LogP contribution in [-0.2, 0) is 0 Å². The lowest BCUT2D eigenvalue weighted by atomic mass is 10.1. The number of carbonyl (C=O) groups excluding carboxylic acids is 1. The number of ether oxygens (including phenoxy) is 1. The average molecular weight is 295 g/mol. The molecule has 0 aliphatic rings. The number of hydrogen-bond acceptors (Lipinski definition) is 3. The topological polar surface area (TPSA) is 64.3 Å². The van der Waals surface area contributed by atoms with Crippen LogP contribution in [0.25, 0.3) is 0 Å². The number of halogens is 3. The van der Waals surface area contributed by atoms with Gasteiger partial charge in [0.15, 0.2) is 0 Å². The Hall–Kier alpha value is -1.40. The van der Waals surface area contributed by atoms with Gasteiger partial charge >= 0.3 is 6.61 Å². The second-order valence-corrected chi connectivity index (χ2v) is 4.55. The lowest BCUT2D eigenvalue weighted by Gasteiger charge is -2.19. The van der Waals surface area contributed by atoms with Crippen LogP contribution in [-0.4, -0.2) is 24.6 Å². The summed E-state index contributed by atoms with van der Waals surface area (Å²) < 4.78 is 28.6. The van der Waals surface area contributed by atoms with Gasteiger partial charge in [0.25, 0.3) is 5.91 Å². The predicted molar refractivity (Wildman–Crippen MR) is 70.9 cm³/mol. The van der Waals surface area contributed by atoms with Crippen molar-refractivity contribution < 1.29 is 18.3 Å². The zero-order chi connectivity index (χ0) is 13.8. The van der Waals surface area contributed by atoms with Gasteiger partial charge in [0.05, 0.1) is 5.56 Å². The Kier molecular flexibility index (Phi) is 6.72. The smallest absolute Gasteiger partial charge is 0.387 e. The molecule has 1 aromatic carbocycles. The van der Waals surface area contributed by atoms with E-state index >= 15 is 0 Å². The Labute approximate surface area is 116 Å². The van der Waals surface area contributed by atoms with Crippen LogP contribution in [0.5, 0.6) is 5.75 Å². The van der Waals surface area contributed by atoms with Gasteiger partial charge in [-0.3, -0.25) is 4.79 Å². The van der Waals surface area contributed by atoms with Crippen molar-refractivity contribution in [2.24, 2.45) is 5.73 Å². The normalized spacial score (nSPS) is 10.8. The summed E-state index contributed by atoms with van der Waals surface area (Å²) in [6.07, 6.45) is 0. The van der Waals surface area contributed by atoms with Crippen LogP contribution in [0.1, 0.15) is 24.2 Å². The molecule has 0 bridgehead atoms. The first-order valence-electron chi connectivity index (χ1n) is 5.40. The van der Waals surface area contributed by atoms with Crippen molar-refractivity contribution in [3.05, 3.63) is 29.8 Å². The molecule has 1 rings (SSSR count). The lowest BCUT2D eigenvalue weighted by Crippen LogP contribution is -2.45. The van der Waals surface area contributed by atoms with E-state index < -0.39 is 18.1 Å². The first-order chi connectivity index (χ1) is 8.29. The third kappa shape index (κ3) is 6.35. The quantitative estimate of drug-likeness (QED) is 0.875. The van der Waals surface area contributed by atoms with E-state index in [0.717, 1.165) is 0 Å². The van der Waals surface area contributed by atoms with Crippen LogP contribution < -0.4 is 15.8 Å². The molecule has 1 amide bonds. The summed E-state index contributed by atoms with van der Waals surface area (Å²) in [4.78, 5) is 11.8. The Morgan fingerprint density at radius 3 is 2.53 bits per heavy atom. The zero-order valence-electron chi connectivity index (χ0n) is 10.7. The van der Waals surface area contributed by atoms with Gasteiger partial charge in [0.1, 0.15) is 5.75 Å². The number of alkyl halides is 2. The van der Waals surface area contributed by atoms with Gasteiger partial charge in [-0.25, -0.2) is 0 Å². The average Bonchev–Trinajstić information content (AvgIpc) is 2.25. The molecular formula is C12H17ClF2N2O2. The van der Waals surface area contributed by atoms with E-state index in [4.69, 9.17) is 5.73 Å². The van der Waals surface area contributed by atoms with Gasteiger partial charge in [-0.1, -0.05) is 12.1 Å². The second-order valence-electron chi connectivity index (χ2n) is 4.55. The SMILES string of the molecule is CC(C)(N)CNC(=O)c1ccccc1OC(F)F.Cl. The van der Waals surface area contributed by atoms with E-state index in [-0.39, 0.29) is 30.3 Å². The highest BCUT2D eigenvalue weighted by molar-refractivity contribution is 5.96. The minimum absolute atomic E-state index is 0. The fourth-order valence-corrected chi connectivity index (χ4v) is 1.26. The van der Waals surface area contributed by atoms with Gasteiger partial charge in [0, 0.05) is 12.1 Å². The summed E-state index contributed by atoms with van der Waals surface area (Å²) in [7, 11) is 0. The summed E-state index contributed by atoms with van der Waals surface area (Å²) in [5.41, 5.74) is 5.20. The molecule has 3 N–H and O–H groups in total. The molecule has 0 heterocycles. The summed E-state index contributed by atoms with van der Waals surface area (Å²) in [6, 6.07) is 5.81. The van der Waals surface area contributed by atoms with E-state index in [1.807, 2.05) is 0 Å². The molecule has 0 aliphatic heterocycles. The molecule has 0 spiro atoms. The Bertz CT molecular complexity index is 422. The fraction of sp³-hybridized carbons (Fsp3) is 0.417. The maximum Gasteiger partial charge on any atom is 0.387 e. The summed E-state index contributed by atoms with van der Waals surface area (Å²) in [5.74, 6) is -0.649. The van der Waals surface area contributed by atoms with Crippen molar-refractivity contribution in [1.29, 1.82) is 0 Å². The molecule has 0 aliphatic carbocycles. The largest absolute Gasteiger partial charge is 0.434 e. The van der Waals surface area contributed by atoms with Crippen LogP contribution in [0, 0.1) is 0 Å². The summed E-state index contributed by atoms with van der Waals surface area (Å²) >= 11 is 0. The molecule has 1 aromatic rings. The number of nitrogens with one attached hydrogen (secondary N) is 1. The first-order valence-corrected chi connectivity index (χ1v) is 5.40. The third-order valence-electron chi connectivity index (χ3n) is 2.05. The van der Waals surface area contributed by atoms with E-state index in [1.54, 1.807) is 19.9 Å². The van der Waals surface area contributed by atoms with Gasteiger partial charge in [-0.05, 0) is 26.0 Å². The highest BCUT2D eigenvalue weighted by Crippen LogP contribution is 2.20. The maximum atomic E-state index is 12.2. The van der Waals surface area contributed by atoms with Crippen LogP contribution in [0.4, 0.5) is 8.78 Å². The molecule has 7 heteroatoms. The first kappa shape index (κ1) is 17.6. The highest BCUT2D eigenvalue weighted by Gasteiger charge is 2.17. The third-order valence-corrected chi connectivity index (χ3v) is 2.05. The van der Waals surface area contributed by atoms with Gasteiger partial charge in [-0.15, -0.1) is 12.4 Å². The van der Waals surface area contributed by atoms with E-state index in [2.05, 4.69) is 10.1 Å². The van der Waals surface area contributed by atoms with Crippen molar-refractivity contribution >= 4 is 18.3 Å². The molecule has 0 radical (unpaired) electrons. The fourth-order valence-electron chi connectivity index (χ4n) is 1.26. The molecule has 0 saturated heterocycles. The van der Waals surface area contributed by atoms with E-state index in [0.29, 0.717) is 0 Å². The van der Waals surface area contributed by atoms with Crippen molar-refractivity contribution in [3.63, 3.8) is 0 Å². The Morgan fingerprint density at radius 2 is 2.00 bits per heavy atom. The summed E-state index contributed by atoms with van der Waals surface area (Å²) in [6.45, 7) is 0.753. The van der Waals surface area contributed by atoms with Gasteiger partial charge in [0.2, 0.25) is 0 Å². The molecule has 19 heavy (non-hydrogen) atoms. The molecular weight excluding hydrogens is 278 g/mol. The molecule has 4 nitrogen and oxygen atoms in total. The van der Waals surface area contributed by atoms with Gasteiger partial charge < -0.3 is 15.8 Å². The van der Waals surface area contributed by atoms with Crippen molar-refractivity contribution in [1.82, 2.24) is 5.32 Å². The number of nitrogens with two attached hydrogens (primary N) is 1. The number of hydrogen-bond donors (Lipinski definition) is 2. The van der Waals surface area contributed by atoms with E-state index in [9.17, 15) is 13.6 Å². The van der Waals surface area contributed by atoms with Crippen molar-refractivity contribution in [3.8, 4) is 5.75 Å². The minimum Gasteiger partial charge on any atom is -0.434 e. The van der Waals surface area contributed by atoms with Crippen LogP contribution in [0.3, 0.4) is 0 Å². The maximum absolute atomic E-state index is 12.2. The minimum atomic E-state index is -2.97. The predicted octanol–water partition coefficient (Wildman–Crippen LogP) is 2.18. The van der Waals surface area contributed by atoms with Gasteiger partial charge in [-0.2, -0.15) is 8.78 Å². The number of para-hydroxylation sites is 1. The number of carbonyl (C=O) groups is 1. The van der Waals surface area contributed by atoms with Crippen LogP contribution in [0.15, 0.2) is 24.3 Å². The molecule has 0 saturated carbocycles. The molecule has 0 fully saturated rings. The standard InChI is InChI=1S/C12H16F2N2O2.ClH/c1-12(2,15)7-16-10(17)8-5-3-4-6-9(8)18-11(13)14;/h3-6,11H,7,15H2,1-2H3,(H,16,17);1H. The Morgan fingerprint density at radius 1 is 1.42 bits per heavy atom. The number of rotatable bonds is 5. The number of benzene rings is 1. The molecule has 0 aromatic heterocycles. The van der Waals surface area contributed by atoms with Crippen molar-refractivity contribution in [2.45, 2.75) is 26.0 Å². The lowest BCUT2D eigenvalue weighted by molar-refractivity contribution is -0.0501. The molecule has 0 atom stereocenters. The van der Waals surface area contributed by atoms with Crippen LogP contribution >= 0.6 is 12.4 Å². The Balaban J connectivity index is 0.00000324. The number of amides is 1. The van der Waals surface area contributed by atoms with Crippen molar-refractivity contribution in [2.75, 3.05) is 6.54 Å². The second kappa shape index (κ2) is 7.25. The molecule has 108 valence electrons.